The zero-order valence-corrected chi connectivity index (χ0v) is 12.4. The van der Waals surface area contributed by atoms with E-state index in [1.165, 1.54) is 17.7 Å². The smallest absolute Gasteiger partial charge is 0.126 e. The summed E-state index contributed by atoms with van der Waals surface area (Å²) in [5.74, 6) is 0.614. The van der Waals surface area contributed by atoms with Gasteiger partial charge in [0.2, 0.25) is 0 Å². The van der Waals surface area contributed by atoms with Crippen LogP contribution in [0.5, 0.6) is 0 Å². The van der Waals surface area contributed by atoms with Gasteiger partial charge in [0.15, 0.2) is 0 Å². The molecule has 0 saturated heterocycles. The van der Waals surface area contributed by atoms with Gasteiger partial charge in [-0.05, 0) is 41.7 Å². The van der Waals surface area contributed by atoms with E-state index in [0.29, 0.717) is 0 Å². The zero-order chi connectivity index (χ0) is 14.8. The Morgan fingerprint density at radius 1 is 1.05 bits per heavy atom. The van der Waals surface area contributed by atoms with Crippen LogP contribution in [0, 0.1) is 5.82 Å². The molecule has 0 spiro atoms. The molecule has 2 aromatic rings. The van der Waals surface area contributed by atoms with Gasteiger partial charge >= 0.3 is 0 Å². The Morgan fingerprint density at radius 3 is 2.20 bits per heavy atom. The highest BCUT2D eigenvalue weighted by Crippen LogP contribution is 2.23. The Morgan fingerprint density at radius 2 is 1.70 bits per heavy atom. The van der Waals surface area contributed by atoms with Gasteiger partial charge in [-0.1, -0.05) is 39.0 Å². The molecule has 0 amide bonds. The van der Waals surface area contributed by atoms with E-state index in [2.05, 4.69) is 37.1 Å². The van der Waals surface area contributed by atoms with E-state index < -0.39 is 0 Å². The van der Waals surface area contributed by atoms with E-state index in [-0.39, 0.29) is 17.3 Å². The van der Waals surface area contributed by atoms with E-state index in [1.54, 1.807) is 12.1 Å². The SMILES string of the molecule is CC(Nc1ccc(C(C)(C)C)cn1)c1ccc(F)cc1. The number of nitrogens with zero attached hydrogens (tertiary/aromatic N) is 1. The average molecular weight is 272 g/mol. The summed E-state index contributed by atoms with van der Waals surface area (Å²) in [6.07, 6.45) is 1.90. The summed E-state index contributed by atoms with van der Waals surface area (Å²) >= 11 is 0. The van der Waals surface area contributed by atoms with Crippen LogP contribution in [0.3, 0.4) is 0 Å². The lowest BCUT2D eigenvalue weighted by molar-refractivity contribution is 0.587. The number of nitrogens with one attached hydrogen (secondary N) is 1. The van der Waals surface area contributed by atoms with E-state index in [1.807, 2.05) is 19.2 Å². The predicted octanol–water partition coefficient (Wildman–Crippen LogP) is 4.69. The second-order valence-electron chi connectivity index (χ2n) is 6.10. The Balaban J connectivity index is 2.08. The number of rotatable bonds is 3. The van der Waals surface area contributed by atoms with Crippen LogP contribution in [-0.4, -0.2) is 4.98 Å². The van der Waals surface area contributed by atoms with Crippen LogP contribution in [0.2, 0.25) is 0 Å². The maximum absolute atomic E-state index is 12.9. The summed E-state index contributed by atoms with van der Waals surface area (Å²) in [6, 6.07) is 10.7. The molecule has 2 nitrogen and oxygen atoms in total. The average Bonchev–Trinajstić information content (AvgIpc) is 2.39. The molecule has 1 N–H and O–H groups in total. The molecule has 1 atom stereocenters. The number of hydrogen-bond acceptors (Lipinski definition) is 2. The zero-order valence-electron chi connectivity index (χ0n) is 12.4. The molecule has 0 aliphatic carbocycles. The van der Waals surface area contributed by atoms with Crippen molar-refractivity contribution in [3.8, 4) is 0 Å². The number of hydrogen-bond donors (Lipinski definition) is 1. The summed E-state index contributed by atoms with van der Waals surface area (Å²) in [4.78, 5) is 4.44. The molecule has 1 aromatic carbocycles. The lowest BCUT2D eigenvalue weighted by Crippen LogP contribution is -2.12. The maximum Gasteiger partial charge on any atom is 0.126 e. The largest absolute Gasteiger partial charge is 0.364 e. The lowest BCUT2D eigenvalue weighted by Gasteiger charge is -2.20. The van der Waals surface area contributed by atoms with Crippen LogP contribution in [0.4, 0.5) is 10.2 Å². The summed E-state index contributed by atoms with van der Waals surface area (Å²) in [6.45, 7) is 8.53. The second-order valence-corrected chi connectivity index (χ2v) is 6.10. The fraction of sp³-hybridized carbons (Fsp3) is 0.353. The molecular formula is C17H21FN2. The Kier molecular flexibility index (Phi) is 4.07. The normalized spacial score (nSPS) is 13.1. The van der Waals surface area contributed by atoms with Crippen LogP contribution in [0.1, 0.15) is 44.9 Å². The van der Waals surface area contributed by atoms with Crippen molar-refractivity contribution in [3.63, 3.8) is 0 Å². The molecule has 2 rings (SSSR count). The first kappa shape index (κ1) is 14.5. The lowest BCUT2D eigenvalue weighted by atomic mass is 9.88. The third-order valence-electron chi connectivity index (χ3n) is 3.36. The van der Waals surface area contributed by atoms with Crippen LogP contribution in [0.15, 0.2) is 42.6 Å². The molecule has 1 unspecified atom stereocenters. The van der Waals surface area contributed by atoms with Crippen LogP contribution in [0.25, 0.3) is 0 Å². The molecule has 0 aliphatic heterocycles. The van der Waals surface area contributed by atoms with Crippen molar-refractivity contribution < 1.29 is 4.39 Å². The van der Waals surface area contributed by atoms with Crippen LogP contribution >= 0.6 is 0 Å². The topological polar surface area (TPSA) is 24.9 Å². The summed E-state index contributed by atoms with van der Waals surface area (Å²) in [5, 5.41) is 3.32. The monoisotopic (exact) mass is 272 g/mol. The predicted molar refractivity (Wildman–Crippen MR) is 81.4 cm³/mol. The van der Waals surface area contributed by atoms with Gasteiger partial charge in [-0.3, -0.25) is 0 Å². The Hall–Kier alpha value is -1.90. The van der Waals surface area contributed by atoms with Crippen molar-refractivity contribution in [1.82, 2.24) is 4.98 Å². The van der Waals surface area contributed by atoms with Crippen molar-refractivity contribution in [2.45, 2.75) is 39.2 Å². The molecule has 1 aromatic heterocycles. The highest BCUT2D eigenvalue weighted by Gasteiger charge is 2.14. The van der Waals surface area contributed by atoms with Crippen molar-refractivity contribution >= 4 is 5.82 Å². The fourth-order valence-electron chi connectivity index (χ4n) is 1.98. The van der Waals surface area contributed by atoms with Gasteiger partial charge in [0, 0.05) is 12.2 Å². The van der Waals surface area contributed by atoms with E-state index in [9.17, 15) is 4.39 Å². The minimum absolute atomic E-state index is 0.0867. The molecule has 1 heterocycles. The third kappa shape index (κ3) is 3.56. The van der Waals surface area contributed by atoms with Crippen molar-refractivity contribution in [3.05, 3.63) is 59.5 Å². The number of pyridine rings is 1. The van der Waals surface area contributed by atoms with Crippen molar-refractivity contribution in [2.75, 3.05) is 5.32 Å². The molecule has 0 saturated carbocycles. The number of halogens is 1. The van der Waals surface area contributed by atoms with Gasteiger partial charge in [-0.2, -0.15) is 0 Å². The minimum Gasteiger partial charge on any atom is -0.364 e. The van der Waals surface area contributed by atoms with Gasteiger partial charge in [0.05, 0.1) is 0 Å². The van der Waals surface area contributed by atoms with Gasteiger partial charge in [0.1, 0.15) is 11.6 Å². The first-order chi connectivity index (χ1) is 9.36. The van der Waals surface area contributed by atoms with Gasteiger partial charge in [-0.25, -0.2) is 9.37 Å². The molecule has 0 aliphatic rings. The first-order valence-electron chi connectivity index (χ1n) is 6.85. The minimum atomic E-state index is -0.214. The van der Waals surface area contributed by atoms with Gasteiger partial charge < -0.3 is 5.32 Å². The Labute approximate surface area is 120 Å². The fourth-order valence-corrected chi connectivity index (χ4v) is 1.98. The molecule has 106 valence electrons. The summed E-state index contributed by atoms with van der Waals surface area (Å²) < 4.78 is 12.9. The molecule has 0 radical (unpaired) electrons. The number of anilines is 1. The molecule has 0 fully saturated rings. The highest BCUT2D eigenvalue weighted by molar-refractivity contribution is 5.40. The summed E-state index contributed by atoms with van der Waals surface area (Å²) in [5.41, 5.74) is 2.35. The maximum atomic E-state index is 12.9. The van der Waals surface area contributed by atoms with Crippen LogP contribution in [-0.2, 0) is 5.41 Å². The Bertz CT molecular complexity index is 553. The van der Waals surface area contributed by atoms with Crippen molar-refractivity contribution in [1.29, 1.82) is 0 Å². The quantitative estimate of drug-likeness (QED) is 0.876. The molecule has 3 heteroatoms. The molecular weight excluding hydrogens is 251 g/mol. The van der Waals surface area contributed by atoms with E-state index >= 15 is 0 Å². The van der Waals surface area contributed by atoms with Gasteiger partial charge in [-0.15, -0.1) is 0 Å². The molecule has 20 heavy (non-hydrogen) atoms. The second kappa shape index (κ2) is 5.61. The number of benzene rings is 1. The van der Waals surface area contributed by atoms with E-state index in [4.69, 9.17) is 0 Å². The van der Waals surface area contributed by atoms with Gasteiger partial charge in [0.25, 0.3) is 0 Å². The first-order valence-corrected chi connectivity index (χ1v) is 6.85. The third-order valence-corrected chi connectivity index (χ3v) is 3.36. The number of aromatic nitrogens is 1. The molecule has 0 bridgehead atoms. The van der Waals surface area contributed by atoms with Crippen molar-refractivity contribution in [2.24, 2.45) is 0 Å². The van der Waals surface area contributed by atoms with Crippen LogP contribution < -0.4 is 5.32 Å². The highest BCUT2D eigenvalue weighted by atomic mass is 19.1. The standard InChI is InChI=1S/C17H21FN2/c1-12(13-5-8-15(18)9-6-13)20-16-10-7-14(11-19-16)17(2,3)4/h5-12H,1-4H3,(H,19,20). The summed E-state index contributed by atoms with van der Waals surface area (Å²) in [7, 11) is 0. The van der Waals surface area contributed by atoms with E-state index in [0.717, 1.165) is 11.4 Å².